The first kappa shape index (κ1) is 12.2. The number of hydrogen-bond donors (Lipinski definition) is 1. The van der Waals surface area contributed by atoms with Crippen LogP contribution >= 0.6 is 0 Å². The van der Waals surface area contributed by atoms with Gasteiger partial charge in [-0.05, 0) is 43.9 Å². The molecule has 1 aromatic rings. The Morgan fingerprint density at radius 2 is 2.18 bits per heavy atom. The smallest absolute Gasteiger partial charge is 0.141 e. The van der Waals surface area contributed by atoms with Crippen molar-refractivity contribution in [2.45, 2.75) is 32.2 Å². The van der Waals surface area contributed by atoms with E-state index in [1.165, 1.54) is 5.56 Å². The zero-order chi connectivity index (χ0) is 12.1. The lowest BCUT2D eigenvalue weighted by Gasteiger charge is -2.19. The topological polar surface area (TPSA) is 30.5 Å². The number of methoxy groups -OCH3 is 1. The standard InChI is InChI=1S/C14H21NO2/c1-11-5-6-14(16-2)13(10-11)15-12-4-3-8-17-9-7-12/h5-6,10,12,15H,3-4,7-9H2,1-2H3. The zero-order valence-corrected chi connectivity index (χ0v) is 10.7. The summed E-state index contributed by atoms with van der Waals surface area (Å²) < 4.78 is 10.9. The van der Waals surface area contributed by atoms with E-state index in [-0.39, 0.29) is 0 Å². The van der Waals surface area contributed by atoms with Crippen LogP contribution in [0.25, 0.3) is 0 Å². The fraction of sp³-hybridized carbons (Fsp3) is 0.571. The molecule has 0 amide bonds. The Bertz CT molecular complexity index is 357. The second-order valence-electron chi connectivity index (χ2n) is 4.59. The largest absolute Gasteiger partial charge is 0.495 e. The van der Waals surface area contributed by atoms with Crippen molar-refractivity contribution >= 4 is 5.69 Å². The highest BCUT2D eigenvalue weighted by Crippen LogP contribution is 2.27. The van der Waals surface area contributed by atoms with E-state index in [4.69, 9.17) is 9.47 Å². The summed E-state index contributed by atoms with van der Waals surface area (Å²) in [6.07, 6.45) is 3.36. The van der Waals surface area contributed by atoms with Crippen LogP contribution in [-0.4, -0.2) is 26.4 Å². The number of anilines is 1. The van der Waals surface area contributed by atoms with Gasteiger partial charge in [-0.2, -0.15) is 0 Å². The highest BCUT2D eigenvalue weighted by atomic mass is 16.5. The molecule has 94 valence electrons. The van der Waals surface area contributed by atoms with E-state index in [0.29, 0.717) is 6.04 Å². The molecule has 1 N–H and O–H groups in total. The van der Waals surface area contributed by atoms with Crippen molar-refractivity contribution in [1.82, 2.24) is 0 Å². The Kier molecular flexibility index (Phi) is 4.26. The number of rotatable bonds is 3. The van der Waals surface area contributed by atoms with Crippen molar-refractivity contribution in [3.05, 3.63) is 23.8 Å². The van der Waals surface area contributed by atoms with Gasteiger partial charge in [-0.25, -0.2) is 0 Å². The van der Waals surface area contributed by atoms with Crippen LogP contribution in [0.3, 0.4) is 0 Å². The summed E-state index contributed by atoms with van der Waals surface area (Å²) in [6.45, 7) is 3.84. The first-order valence-corrected chi connectivity index (χ1v) is 6.28. The Morgan fingerprint density at radius 1 is 1.29 bits per heavy atom. The molecule has 1 atom stereocenters. The third-order valence-electron chi connectivity index (χ3n) is 3.17. The highest BCUT2D eigenvalue weighted by molar-refractivity contribution is 5.58. The lowest BCUT2D eigenvalue weighted by molar-refractivity contribution is 0.144. The van der Waals surface area contributed by atoms with E-state index in [9.17, 15) is 0 Å². The molecule has 1 aliphatic rings. The molecule has 3 nitrogen and oxygen atoms in total. The molecule has 0 aromatic heterocycles. The average molecular weight is 235 g/mol. The van der Waals surface area contributed by atoms with Crippen LogP contribution in [-0.2, 0) is 4.74 Å². The van der Waals surface area contributed by atoms with E-state index >= 15 is 0 Å². The van der Waals surface area contributed by atoms with Crippen molar-refractivity contribution in [2.24, 2.45) is 0 Å². The van der Waals surface area contributed by atoms with E-state index in [2.05, 4.69) is 24.4 Å². The molecule has 1 saturated heterocycles. The second kappa shape index (κ2) is 5.92. The van der Waals surface area contributed by atoms with Gasteiger partial charge in [-0.1, -0.05) is 6.07 Å². The number of aryl methyl sites for hydroxylation is 1. The number of ether oxygens (including phenoxy) is 2. The molecule has 0 radical (unpaired) electrons. The Balaban J connectivity index is 2.07. The van der Waals surface area contributed by atoms with Gasteiger partial charge < -0.3 is 14.8 Å². The minimum absolute atomic E-state index is 0.494. The van der Waals surface area contributed by atoms with E-state index in [0.717, 1.165) is 43.9 Å². The van der Waals surface area contributed by atoms with Gasteiger partial charge in [0.25, 0.3) is 0 Å². The lowest BCUT2D eigenvalue weighted by atomic mass is 10.1. The molecule has 0 spiro atoms. The number of nitrogens with one attached hydrogen (secondary N) is 1. The van der Waals surface area contributed by atoms with Crippen LogP contribution in [0.1, 0.15) is 24.8 Å². The Hall–Kier alpha value is -1.22. The maximum absolute atomic E-state index is 5.47. The van der Waals surface area contributed by atoms with Gasteiger partial charge in [0.1, 0.15) is 5.75 Å². The number of benzene rings is 1. The van der Waals surface area contributed by atoms with Crippen molar-refractivity contribution in [3.8, 4) is 5.75 Å². The SMILES string of the molecule is COc1ccc(C)cc1NC1CCCOCC1. The van der Waals surface area contributed by atoms with E-state index in [1.54, 1.807) is 7.11 Å². The molecule has 1 fully saturated rings. The summed E-state index contributed by atoms with van der Waals surface area (Å²) in [7, 11) is 1.71. The number of hydrogen-bond acceptors (Lipinski definition) is 3. The van der Waals surface area contributed by atoms with Gasteiger partial charge in [-0.15, -0.1) is 0 Å². The van der Waals surface area contributed by atoms with Gasteiger partial charge in [0.05, 0.1) is 12.8 Å². The predicted octanol–water partition coefficient (Wildman–Crippen LogP) is 2.98. The zero-order valence-electron chi connectivity index (χ0n) is 10.7. The van der Waals surface area contributed by atoms with Crippen molar-refractivity contribution in [3.63, 3.8) is 0 Å². The summed E-state index contributed by atoms with van der Waals surface area (Å²) in [5.41, 5.74) is 2.34. The minimum atomic E-state index is 0.494. The molecule has 0 bridgehead atoms. The first-order valence-electron chi connectivity index (χ1n) is 6.28. The molecule has 0 saturated carbocycles. The molecule has 1 aliphatic heterocycles. The molecule has 17 heavy (non-hydrogen) atoms. The van der Waals surface area contributed by atoms with Crippen LogP contribution in [0.4, 0.5) is 5.69 Å². The van der Waals surface area contributed by atoms with E-state index in [1.807, 2.05) is 6.07 Å². The van der Waals surface area contributed by atoms with Crippen LogP contribution in [0.15, 0.2) is 18.2 Å². The molecule has 2 rings (SSSR count). The Labute approximate surface area is 103 Å². The molecular weight excluding hydrogens is 214 g/mol. The first-order chi connectivity index (χ1) is 8.29. The third-order valence-corrected chi connectivity index (χ3v) is 3.17. The molecule has 3 heteroatoms. The molecular formula is C14H21NO2. The second-order valence-corrected chi connectivity index (χ2v) is 4.59. The maximum Gasteiger partial charge on any atom is 0.141 e. The van der Waals surface area contributed by atoms with Crippen LogP contribution < -0.4 is 10.1 Å². The van der Waals surface area contributed by atoms with Crippen LogP contribution in [0.2, 0.25) is 0 Å². The van der Waals surface area contributed by atoms with Gasteiger partial charge in [0, 0.05) is 19.3 Å². The maximum atomic E-state index is 5.47. The summed E-state index contributed by atoms with van der Waals surface area (Å²) in [5, 5.41) is 3.58. The molecule has 1 heterocycles. The quantitative estimate of drug-likeness (QED) is 0.873. The van der Waals surface area contributed by atoms with Crippen LogP contribution in [0, 0.1) is 6.92 Å². The summed E-state index contributed by atoms with van der Waals surface area (Å²) in [4.78, 5) is 0. The minimum Gasteiger partial charge on any atom is -0.495 e. The summed E-state index contributed by atoms with van der Waals surface area (Å²) in [5.74, 6) is 0.917. The lowest BCUT2D eigenvalue weighted by Crippen LogP contribution is -2.20. The van der Waals surface area contributed by atoms with Crippen molar-refractivity contribution in [1.29, 1.82) is 0 Å². The Morgan fingerprint density at radius 3 is 3.00 bits per heavy atom. The van der Waals surface area contributed by atoms with Gasteiger partial charge in [-0.3, -0.25) is 0 Å². The fourth-order valence-electron chi connectivity index (χ4n) is 2.20. The summed E-state index contributed by atoms with van der Waals surface area (Å²) >= 11 is 0. The summed E-state index contributed by atoms with van der Waals surface area (Å²) in [6, 6.07) is 6.73. The van der Waals surface area contributed by atoms with Gasteiger partial charge >= 0.3 is 0 Å². The van der Waals surface area contributed by atoms with Crippen molar-refractivity contribution < 1.29 is 9.47 Å². The molecule has 1 unspecified atom stereocenters. The molecule has 0 aliphatic carbocycles. The van der Waals surface area contributed by atoms with Crippen molar-refractivity contribution in [2.75, 3.05) is 25.6 Å². The third kappa shape index (κ3) is 3.37. The van der Waals surface area contributed by atoms with Gasteiger partial charge in [0.15, 0.2) is 0 Å². The van der Waals surface area contributed by atoms with E-state index < -0.39 is 0 Å². The van der Waals surface area contributed by atoms with Gasteiger partial charge in [0.2, 0.25) is 0 Å². The predicted molar refractivity (Wildman–Crippen MR) is 69.8 cm³/mol. The molecule has 1 aromatic carbocycles. The fourth-order valence-corrected chi connectivity index (χ4v) is 2.20. The highest BCUT2D eigenvalue weighted by Gasteiger charge is 2.14. The van der Waals surface area contributed by atoms with Crippen LogP contribution in [0.5, 0.6) is 5.75 Å². The monoisotopic (exact) mass is 235 g/mol. The average Bonchev–Trinajstić information content (AvgIpc) is 2.58. The normalized spacial score (nSPS) is 20.7.